The summed E-state index contributed by atoms with van der Waals surface area (Å²) in [5, 5.41) is 42.1. The summed E-state index contributed by atoms with van der Waals surface area (Å²) in [5.41, 5.74) is 20.5. The molecule has 21 nitrogen and oxygen atoms in total. The number of aliphatic hydroxyl groups is 1. The van der Waals surface area contributed by atoms with Gasteiger partial charge in [-0.25, -0.2) is 0 Å². The molecule has 77 heavy (non-hydrogen) atoms. The van der Waals surface area contributed by atoms with Crippen LogP contribution in [0.4, 0.5) is 0 Å². The first-order valence-corrected chi connectivity index (χ1v) is 27.9. The van der Waals surface area contributed by atoms with Crippen LogP contribution in [-0.2, 0) is 57.6 Å². The molecule has 0 unspecified atom stereocenters. The molecule has 0 spiro atoms. The Kier molecular flexibility index (Phi) is 21.7. The quantitative estimate of drug-likeness (QED) is 0.0453. The number of rotatable bonds is 17. The zero-order chi connectivity index (χ0) is 55.8. The molecule has 412 valence electrons. The molecule has 1 fully saturated rings. The molecule has 9 atom stereocenters. The lowest BCUT2D eigenvalue weighted by Crippen LogP contribution is -2.62. The molecule has 23 heteroatoms. The van der Waals surface area contributed by atoms with E-state index in [0.717, 1.165) is 48.8 Å². The Morgan fingerprint density at radius 2 is 1.34 bits per heavy atom. The molecule has 6 rings (SSSR count). The van der Waals surface area contributed by atoms with Gasteiger partial charge in [-0.2, -0.15) is 0 Å². The van der Waals surface area contributed by atoms with Crippen LogP contribution in [0, 0.1) is 5.92 Å². The van der Waals surface area contributed by atoms with Crippen molar-refractivity contribution in [3.8, 4) is 5.75 Å². The average Bonchev–Trinajstić information content (AvgIpc) is 3.81. The number of primary amides is 1. The zero-order valence-electron chi connectivity index (χ0n) is 43.1. The molecule has 16 N–H and O–H groups in total. The molecule has 0 radical (unpaired) electrons. The van der Waals surface area contributed by atoms with E-state index in [0.29, 0.717) is 24.0 Å². The Labute approximate surface area is 453 Å². The lowest BCUT2D eigenvalue weighted by Gasteiger charge is -2.29. The molecule has 1 saturated heterocycles. The number of aromatic hydroxyl groups is 1. The third-order valence-electron chi connectivity index (χ3n) is 13.1. The third kappa shape index (κ3) is 16.9. The number of aromatic amines is 1. The Morgan fingerprint density at radius 1 is 0.714 bits per heavy atom. The number of H-pyrrole nitrogens is 1. The van der Waals surface area contributed by atoms with Crippen molar-refractivity contribution in [3.63, 3.8) is 0 Å². The van der Waals surface area contributed by atoms with E-state index in [9.17, 15) is 48.6 Å². The molecule has 0 bridgehead atoms. The number of carbonyl (C=O) groups excluding carboxylic acids is 8. The van der Waals surface area contributed by atoms with Crippen LogP contribution in [0.3, 0.4) is 0 Å². The van der Waals surface area contributed by atoms with Gasteiger partial charge in [0.15, 0.2) is 0 Å². The molecule has 1 aromatic heterocycles. The fourth-order valence-electron chi connectivity index (χ4n) is 8.71. The predicted octanol–water partition coefficient (Wildman–Crippen LogP) is 0.822. The first-order chi connectivity index (χ1) is 36.8. The second-order valence-corrected chi connectivity index (χ2v) is 22.0. The minimum Gasteiger partial charge on any atom is -0.508 e. The van der Waals surface area contributed by atoms with Crippen molar-refractivity contribution < 1.29 is 48.6 Å². The number of aromatic nitrogens is 1. The van der Waals surface area contributed by atoms with Gasteiger partial charge >= 0.3 is 0 Å². The second-order valence-electron chi connectivity index (χ2n) is 19.4. The summed E-state index contributed by atoms with van der Waals surface area (Å²) in [6.07, 6.45) is 1.05. The minimum absolute atomic E-state index is 0.0501. The van der Waals surface area contributed by atoms with E-state index in [1.807, 2.05) is 66.7 Å². The Balaban J connectivity index is 1.39. The van der Waals surface area contributed by atoms with Crippen LogP contribution >= 0.6 is 21.6 Å². The monoisotopic (exact) mass is 1100 g/mol. The Hall–Kier alpha value is -7.18. The molecule has 0 aliphatic carbocycles. The summed E-state index contributed by atoms with van der Waals surface area (Å²) in [4.78, 5) is 116. The number of amides is 8. The van der Waals surface area contributed by atoms with Gasteiger partial charge in [0, 0.05) is 41.4 Å². The molecular formula is C54H69N11O10S2. The van der Waals surface area contributed by atoms with Crippen molar-refractivity contribution in [1.29, 1.82) is 0 Å². The first-order valence-electron chi connectivity index (χ1n) is 25.4. The number of benzene rings is 4. The van der Waals surface area contributed by atoms with E-state index in [4.69, 9.17) is 17.2 Å². The zero-order valence-corrected chi connectivity index (χ0v) is 44.7. The highest BCUT2D eigenvalue weighted by Gasteiger charge is 2.36. The summed E-state index contributed by atoms with van der Waals surface area (Å²) in [6, 6.07) is 15.8. The van der Waals surface area contributed by atoms with Gasteiger partial charge in [-0.1, -0.05) is 108 Å². The molecular weight excluding hydrogens is 1030 g/mol. The Bertz CT molecular complexity index is 2890. The van der Waals surface area contributed by atoms with Crippen molar-refractivity contribution in [2.75, 3.05) is 18.1 Å². The molecule has 1 aliphatic heterocycles. The highest BCUT2D eigenvalue weighted by molar-refractivity contribution is 8.76. The highest BCUT2D eigenvalue weighted by Crippen LogP contribution is 2.25. The van der Waals surface area contributed by atoms with Gasteiger partial charge in [-0.15, -0.1) is 0 Å². The summed E-state index contributed by atoms with van der Waals surface area (Å²) in [5.74, 6) is -7.66. The molecule has 2 heterocycles. The normalized spacial score (nSPS) is 21.6. The van der Waals surface area contributed by atoms with Gasteiger partial charge in [0.05, 0.1) is 12.1 Å². The van der Waals surface area contributed by atoms with Crippen LogP contribution in [0.2, 0.25) is 0 Å². The van der Waals surface area contributed by atoms with E-state index < -0.39 is 108 Å². The number of hydrogen-bond acceptors (Lipinski definition) is 14. The van der Waals surface area contributed by atoms with E-state index >= 15 is 0 Å². The summed E-state index contributed by atoms with van der Waals surface area (Å²) in [7, 11) is 2.03. The molecule has 0 saturated carbocycles. The van der Waals surface area contributed by atoms with Gasteiger partial charge in [0.25, 0.3) is 0 Å². The van der Waals surface area contributed by atoms with Crippen LogP contribution in [0.15, 0.2) is 97.2 Å². The maximum Gasteiger partial charge on any atom is 0.244 e. The van der Waals surface area contributed by atoms with Crippen LogP contribution in [0.1, 0.15) is 56.7 Å². The molecule has 5 aromatic rings. The number of fused-ring (bicyclic) bond motifs is 2. The van der Waals surface area contributed by atoms with E-state index in [2.05, 4.69) is 42.2 Å². The van der Waals surface area contributed by atoms with Gasteiger partial charge in [-0.3, -0.25) is 38.4 Å². The number of hydrogen-bond donors (Lipinski definition) is 13. The van der Waals surface area contributed by atoms with Crippen molar-refractivity contribution in [2.24, 2.45) is 23.1 Å². The van der Waals surface area contributed by atoms with Crippen molar-refractivity contribution in [3.05, 3.63) is 114 Å². The Morgan fingerprint density at radius 3 is 2.03 bits per heavy atom. The van der Waals surface area contributed by atoms with Gasteiger partial charge in [0.2, 0.25) is 47.3 Å². The van der Waals surface area contributed by atoms with Gasteiger partial charge in [-0.05, 0) is 90.7 Å². The minimum atomic E-state index is -1.55. The van der Waals surface area contributed by atoms with Crippen molar-refractivity contribution in [1.82, 2.24) is 42.2 Å². The smallest absolute Gasteiger partial charge is 0.244 e. The standard InChI is InChI=1S/C54H69N11O10S2/c1-29(2)45-54(75)63-44(53(74)65-46(30(3)66)47(57)68)28-77-76-27-43(62-48(69)38(56)23-32-15-18-33-10-4-5-11-34(33)22-32)52(73)60-41(24-31-16-19-36(67)20-17-31)50(71)61-42(25-35-26-58-39-13-7-6-12-37(35)39)51(72)59-40(49(70)64-45)14-8-9-21-55/h4-7,10-13,15-20,22,26,29-30,38,40-46,58,66-67H,8-9,14,21,23-25,27-28,55-56H2,1-3H3,(H2,57,68)(H,59,72)(H,60,73)(H,61,71)(H,62,69)(H,63,75)(H,64,70)(H,65,74)/t30-,38+,40-,41+,42+,43+,44+,45+,46-/m0/s1. The summed E-state index contributed by atoms with van der Waals surface area (Å²) in [6.45, 7) is 4.85. The molecule has 4 aromatic carbocycles. The third-order valence-corrected chi connectivity index (χ3v) is 15.5. The van der Waals surface area contributed by atoms with Crippen LogP contribution in [0.25, 0.3) is 21.7 Å². The first kappa shape index (κ1) is 59.1. The maximum absolute atomic E-state index is 14.9. The average molecular weight is 1100 g/mol. The van der Waals surface area contributed by atoms with Crippen LogP contribution < -0.4 is 54.4 Å². The fourth-order valence-corrected chi connectivity index (χ4v) is 11.0. The maximum atomic E-state index is 14.9. The SMILES string of the molecule is CC(C)[C@H]1NC(=O)[C@H](CCCCN)NC(=O)[C@@H](Cc2c[nH]c3ccccc23)NC(=O)[C@@H](Cc2ccc(O)cc2)NC(=O)[C@H](NC(=O)[C@H](N)Cc2ccc3ccccc3c2)CSSC[C@H](C(=O)N[C@H](C(N)=O)[C@H](C)O)NC1=O. The number of aliphatic hydroxyl groups excluding tert-OH is 1. The lowest BCUT2D eigenvalue weighted by atomic mass is 10.00. The van der Waals surface area contributed by atoms with E-state index in [-0.39, 0.29) is 49.5 Å². The summed E-state index contributed by atoms with van der Waals surface area (Å²) >= 11 is 0. The number of phenolic OH excluding ortho intramolecular Hbond substituents is 1. The molecule has 8 amide bonds. The van der Waals surface area contributed by atoms with E-state index in [1.165, 1.54) is 19.1 Å². The second kappa shape index (κ2) is 28.3. The van der Waals surface area contributed by atoms with Crippen molar-refractivity contribution >= 4 is 90.5 Å². The summed E-state index contributed by atoms with van der Waals surface area (Å²) < 4.78 is 0. The number of unbranched alkanes of at least 4 members (excludes halogenated alkanes) is 1. The van der Waals surface area contributed by atoms with Gasteiger partial charge in [0.1, 0.15) is 48.0 Å². The molecule has 1 aliphatic rings. The number of nitrogens with two attached hydrogens (primary N) is 3. The van der Waals surface area contributed by atoms with Crippen LogP contribution in [0.5, 0.6) is 5.75 Å². The number of carbonyl (C=O) groups is 8. The predicted molar refractivity (Wildman–Crippen MR) is 296 cm³/mol. The number of para-hydroxylation sites is 1. The number of phenols is 1. The highest BCUT2D eigenvalue weighted by atomic mass is 33.1. The fraction of sp³-hybridized carbons (Fsp3) is 0.407. The van der Waals surface area contributed by atoms with Crippen molar-refractivity contribution in [2.45, 2.75) is 114 Å². The van der Waals surface area contributed by atoms with E-state index in [1.54, 1.807) is 32.2 Å². The largest absolute Gasteiger partial charge is 0.508 e. The topological polar surface area (TPSA) is 355 Å². The van der Waals surface area contributed by atoms with Gasteiger partial charge < -0.3 is 69.6 Å². The number of nitrogens with one attached hydrogen (secondary N) is 8. The lowest BCUT2D eigenvalue weighted by molar-refractivity contribution is -0.136. The van der Waals surface area contributed by atoms with Crippen LogP contribution in [-0.4, -0.2) is 135 Å².